The number of carbonyl (C=O) groups is 1. The molecular weight excluding hydrogens is 569 g/mol. The van der Waals surface area contributed by atoms with E-state index in [1.807, 2.05) is 6.07 Å². The van der Waals surface area contributed by atoms with Crippen LogP contribution >= 0.6 is 27.5 Å². The Bertz CT molecular complexity index is 1450. The topological polar surface area (TPSA) is 133 Å². The van der Waals surface area contributed by atoms with Crippen molar-refractivity contribution in [3.05, 3.63) is 105 Å². The van der Waals surface area contributed by atoms with Crippen LogP contribution in [-0.4, -0.2) is 38.9 Å². The quantitative estimate of drug-likeness (QED) is 0.0921. The molecule has 0 aliphatic rings. The van der Waals surface area contributed by atoms with Crippen LogP contribution in [-0.2, 0) is 0 Å². The molecule has 0 saturated heterocycles. The van der Waals surface area contributed by atoms with Crippen LogP contribution in [0.5, 0.6) is 5.75 Å². The number of rotatable bonds is 8. The van der Waals surface area contributed by atoms with Gasteiger partial charge in [0.15, 0.2) is 5.69 Å². The van der Waals surface area contributed by atoms with Gasteiger partial charge in [0.25, 0.3) is 5.91 Å². The lowest BCUT2D eigenvalue weighted by atomic mass is 9.91. The average Bonchev–Trinajstić information content (AvgIpc) is 3.36. The molecule has 0 radical (unpaired) electrons. The number of halogens is 3. The average molecular weight is 589 g/mol. The molecular formula is C25H20BrClFN5O4. The highest BCUT2D eigenvalue weighted by Gasteiger charge is 2.27. The second kappa shape index (κ2) is 11.8. The number of carbonyl (C=O) groups excluding carboxylic acids is 1. The minimum absolute atomic E-state index is 0.0833. The van der Waals surface area contributed by atoms with Gasteiger partial charge in [-0.2, -0.15) is 0 Å². The largest absolute Gasteiger partial charge is 0.507 e. The maximum absolute atomic E-state index is 13.6. The number of anilines is 1. The minimum Gasteiger partial charge on any atom is -0.507 e. The SMILES string of the molecule is O=C(NCCC(c1cccc(Cl)c1)c1nonc1C(=NO)Nc1ccc(F)c(Br)c1)c1ccccc1O. The molecule has 0 bridgehead atoms. The third-order valence-corrected chi connectivity index (χ3v) is 6.31. The number of hydrogen-bond donors (Lipinski definition) is 4. The summed E-state index contributed by atoms with van der Waals surface area (Å²) in [5.74, 6) is -1.59. The van der Waals surface area contributed by atoms with Gasteiger partial charge in [0.2, 0.25) is 5.84 Å². The molecule has 0 aliphatic carbocycles. The molecule has 1 aromatic heterocycles. The van der Waals surface area contributed by atoms with Gasteiger partial charge >= 0.3 is 0 Å². The number of para-hydroxylation sites is 1. The summed E-state index contributed by atoms with van der Waals surface area (Å²) in [6, 6.07) is 17.5. The first-order valence-corrected chi connectivity index (χ1v) is 12.1. The Kier molecular flexibility index (Phi) is 8.36. The number of benzene rings is 3. The predicted molar refractivity (Wildman–Crippen MR) is 139 cm³/mol. The molecule has 0 fully saturated rings. The van der Waals surface area contributed by atoms with Gasteiger partial charge in [-0.15, -0.1) is 0 Å². The molecule has 190 valence electrons. The van der Waals surface area contributed by atoms with Gasteiger partial charge in [0.05, 0.1) is 10.0 Å². The normalized spacial score (nSPS) is 12.2. The lowest BCUT2D eigenvalue weighted by Gasteiger charge is -2.17. The van der Waals surface area contributed by atoms with E-state index in [4.69, 9.17) is 16.2 Å². The number of aromatic nitrogens is 2. The van der Waals surface area contributed by atoms with Gasteiger partial charge < -0.3 is 20.9 Å². The third kappa shape index (κ3) is 6.25. The Labute approximate surface area is 224 Å². The molecule has 0 saturated carbocycles. The first kappa shape index (κ1) is 26.1. The van der Waals surface area contributed by atoms with E-state index in [2.05, 4.69) is 42.0 Å². The summed E-state index contributed by atoms with van der Waals surface area (Å²) in [5, 5.41) is 37.1. The molecule has 9 nitrogen and oxygen atoms in total. The number of hydrogen-bond acceptors (Lipinski definition) is 7. The molecule has 0 aliphatic heterocycles. The number of amidine groups is 1. The monoisotopic (exact) mass is 587 g/mol. The maximum atomic E-state index is 13.6. The van der Waals surface area contributed by atoms with Gasteiger partial charge in [-0.3, -0.25) is 4.79 Å². The zero-order valence-electron chi connectivity index (χ0n) is 19.0. The highest BCUT2D eigenvalue weighted by molar-refractivity contribution is 9.10. The zero-order valence-corrected chi connectivity index (χ0v) is 21.4. The molecule has 1 heterocycles. The molecule has 4 N–H and O–H groups in total. The molecule has 37 heavy (non-hydrogen) atoms. The standard InChI is InChI=1S/C25H20BrClFN5O4/c26-19-13-16(8-9-20(19)28)30-24(31-36)23-22(32-37-33-23)17(14-4-3-5-15(27)12-14)10-11-29-25(35)18-6-1-2-7-21(18)34/h1-9,12-13,17,34,36H,10-11H2,(H,29,35)(H,30,31). The van der Waals surface area contributed by atoms with Crippen LogP contribution in [0.25, 0.3) is 0 Å². The first-order valence-electron chi connectivity index (χ1n) is 11.0. The van der Waals surface area contributed by atoms with E-state index in [9.17, 15) is 19.5 Å². The summed E-state index contributed by atoms with van der Waals surface area (Å²) in [4.78, 5) is 12.6. The third-order valence-electron chi connectivity index (χ3n) is 5.47. The Morgan fingerprint density at radius 3 is 2.68 bits per heavy atom. The predicted octanol–water partition coefficient (Wildman–Crippen LogP) is 5.53. The summed E-state index contributed by atoms with van der Waals surface area (Å²) >= 11 is 9.35. The lowest BCUT2D eigenvalue weighted by molar-refractivity contribution is 0.0950. The van der Waals surface area contributed by atoms with Crippen LogP contribution in [0.3, 0.4) is 0 Å². The number of phenols is 1. The van der Waals surface area contributed by atoms with Crippen LogP contribution in [0.2, 0.25) is 5.02 Å². The van der Waals surface area contributed by atoms with E-state index in [0.29, 0.717) is 22.8 Å². The molecule has 0 spiro atoms. The van der Waals surface area contributed by atoms with Crippen molar-refractivity contribution in [2.45, 2.75) is 12.3 Å². The van der Waals surface area contributed by atoms with E-state index >= 15 is 0 Å². The second-order valence-electron chi connectivity index (χ2n) is 7.87. The van der Waals surface area contributed by atoms with E-state index in [1.165, 1.54) is 30.3 Å². The van der Waals surface area contributed by atoms with Crippen molar-refractivity contribution in [3.8, 4) is 5.75 Å². The Balaban J connectivity index is 1.60. The Morgan fingerprint density at radius 2 is 1.95 bits per heavy atom. The van der Waals surface area contributed by atoms with Crippen LogP contribution in [0.1, 0.15) is 39.6 Å². The van der Waals surface area contributed by atoms with Crippen molar-refractivity contribution in [1.29, 1.82) is 0 Å². The highest BCUT2D eigenvalue weighted by atomic mass is 79.9. The van der Waals surface area contributed by atoms with Crippen LogP contribution in [0.4, 0.5) is 10.1 Å². The molecule has 12 heteroatoms. The molecule has 1 atom stereocenters. The van der Waals surface area contributed by atoms with Gasteiger partial charge in [0, 0.05) is 23.2 Å². The summed E-state index contributed by atoms with van der Waals surface area (Å²) < 4.78 is 18.9. The molecule has 4 aromatic rings. The summed E-state index contributed by atoms with van der Waals surface area (Å²) in [6.45, 7) is 0.195. The van der Waals surface area contributed by atoms with Crippen LogP contribution < -0.4 is 10.6 Å². The lowest BCUT2D eigenvalue weighted by Crippen LogP contribution is -2.26. The molecule has 4 rings (SSSR count). The van der Waals surface area contributed by atoms with Crippen LogP contribution in [0.15, 0.2) is 81.0 Å². The Hall–Kier alpha value is -3.96. The van der Waals surface area contributed by atoms with Crippen LogP contribution in [0, 0.1) is 5.82 Å². The molecule has 1 unspecified atom stereocenters. The fourth-order valence-corrected chi connectivity index (χ4v) is 4.28. The minimum atomic E-state index is -0.483. The second-order valence-corrected chi connectivity index (χ2v) is 9.16. The summed E-state index contributed by atoms with van der Waals surface area (Å²) in [6.07, 6.45) is 0.335. The van der Waals surface area contributed by atoms with Crippen molar-refractivity contribution < 1.29 is 24.1 Å². The highest BCUT2D eigenvalue weighted by Crippen LogP contribution is 2.31. The number of oxime groups is 1. The maximum Gasteiger partial charge on any atom is 0.255 e. The van der Waals surface area contributed by atoms with E-state index in [-0.39, 0.29) is 33.9 Å². The van der Waals surface area contributed by atoms with E-state index in [1.54, 1.807) is 30.3 Å². The van der Waals surface area contributed by atoms with Crippen molar-refractivity contribution in [3.63, 3.8) is 0 Å². The van der Waals surface area contributed by atoms with Gasteiger partial charge in [-0.25, -0.2) is 9.02 Å². The van der Waals surface area contributed by atoms with E-state index < -0.39 is 17.6 Å². The fourth-order valence-electron chi connectivity index (χ4n) is 3.71. The Morgan fingerprint density at radius 1 is 1.14 bits per heavy atom. The molecule has 3 aromatic carbocycles. The van der Waals surface area contributed by atoms with Crippen molar-refractivity contribution in [1.82, 2.24) is 15.6 Å². The fraction of sp³-hybridized carbons (Fsp3) is 0.120. The zero-order chi connectivity index (χ0) is 26.4. The smallest absolute Gasteiger partial charge is 0.255 e. The number of aromatic hydroxyl groups is 1. The van der Waals surface area contributed by atoms with Gasteiger partial charge in [-0.1, -0.05) is 46.2 Å². The summed E-state index contributed by atoms with van der Waals surface area (Å²) in [7, 11) is 0. The summed E-state index contributed by atoms with van der Waals surface area (Å²) in [5.41, 5.74) is 1.75. The van der Waals surface area contributed by atoms with Crippen molar-refractivity contribution >= 4 is 45.0 Å². The first-order chi connectivity index (χ1) is 17.9. The number of nitrogens with zero attached hydrogens (tertiary/aromatic N) is 3. The number of amides is 1. The van der Waals surface area contributed by atoms with Gasteiger partial charge in [-0.05, 0) is 75.5 Å². The van der Waals surface area contributed by atoms with E-state index in [0.717, 1.165) is 5.56 Å². The van der Waals surface area contributed by atoms with Crippen molar-refractivity contribution in [2.75, 3.05) is 11.9 Å². The van der Waals surface area contributed by atoms with Crippen molar-refractivity contribution in [2.24, 2.45) is 5.16 Å². The molecule has 1 amide bonds. The van der Waals surface area contributed by atoms with Gasteiger partial charge in [0.1, 0.15) is 17.3 Å². The number of nitrogens with one attached hydrogen (secondary N) is 2. The number of phenolic OH excluding ortho intramolecular Hbond substituents is 1.